The lowest BCUT2D eigenvalue weighted by Crippen LogP contribution is -2.28. The summed E-state index contributed by atoms with van der Waals surface area (Å²) in [6.45, 7) is 2.50. The van der Waals surface area contributed by atoms with Gasteiger partial charge in [-0.15, -0.1) is 22.6 Å². The van der Waals surface area contributed by atoms with Gasteiger partial charge in [-0.05, 0) is 25.2 Å². The number of amides is 1. The zero-order valence-electron chi connectivity index (χ0n) is 12.0. The van der Waals surface area contributed by atoms with Gasteiger partial charge in [0.15, 0.2) is 4.34 Å². The van der Waals surface area contributed by atoms with Crippen molar-refractivity contribution < 1.29 is 4.79 Å². The normalized spacial score (nSPS) is 11.6. The van der Waals surface area contributed by atoms with Crippen molar-refractivity contribution in [3.05, 3.63) is 28.7 Å². The summed E-state index contributed by atoms with van der Waals surface area (Å²) in [5.41, 5.74) is 2.36. The number of hydrogen-bond acceptors (Lipinski definition) is 6. The van der Waals surface area contributed by atoms with Crippen molar-refractivity contribution in [2.75, 3.05) is 18.9 Å². The lowest BCUT2D eigenvalue weighted by Gasteiger charge is -2.12. The molecule has 2 rings (SSSR count). The summed E-state index contributed by atoms with van der Waals surface area (Å²) < 4.78 is 0.830. The Morgan fingerprint density at radius 2 is 2.27 bits per heavy atom. The molecule has 0 saturated heterocycles. The minimum atomic E-state index is -0.107. The Kier molecular flexibility index (Phi) is 8.13. The van der Waals surface area contributed by atoms with Crippen LogP contribution in [0.2, 0.25) is 5.02 Å². The Morgan fingerprint density at radius 3 is 2.86 bits per heavy atom. The van der Waals surface area contributed by atoms with Gasteiger partial charge in [-0.2, -0.15) is 0 Å². The van der Waals surface area contributed by atoms with E-state index in [4.69, 9.17) is 11.6 Å². The number of nitrogens with one attached hydrogen (secondary N) is 2. The fraction of sp³-hybridized carbons (Fsp3) is 0.308. The molecule has 0 aliphatic carbocycles. The maximum Gasteiger partial charge on any atom is 0.228 e. The minimum Gasteiger partial charge on any atom is -0.326 e. The number of aromatic nitrogens is 2. The van der Waals surface area contributed by atoms with Gasteiger partial charge in [0, 0.05) is 23.0 Å². The van der Waals surface area contributed by atoms with Crippen LogP contribution in [0.1, 0.15) is 6.92 Å². The summed E-state index contributed by atoms with van der Waals surface area (Å²) in [5.74, 6) is -0.144. The predicted octanol–water partition coefficient (Wildman–Crippen LogP) is 3.56. The van der Waals surface area contributed by atoms with E-state index >= 15 is 0 Å². The van der Waals surface area contributed by atoms with E-state index in [0.29, 0.717) is 17.3 Å². The van der Waals surface area contributed by atoms with Gasteiger partial charge >= 0.3 is 0 Å². The number of hydrogen-bond donors (Lipinski definition) is 2. The van der Waals surface area contributed by atoms with Crippen LogP contribution in [0.4, 0.5) is 5.69 Å². The molecule has 0 spiro atoms. The molecule has 9 heteroatoms. The molecule has 0 aliphatic heterocycles. The maximum atomic E-state index is 11.9. The molecule has 0 fully saturated rings. The summed E-state index contributed by atoms with van der Waals surface area (Å²) in [4.78, 5) is 12.8. The van der Waals surface area contributed by atoms with Crippen LogP contribution in [0.15, 0.2) is 32.9 Å². The molecule has 2 N–H and O–H groups in total. The summed E-state index contributed by atoms with van der Waals surface area (Å²) >= 11 is 9.15. The van der Waals surface area contributed by atoms with E-state index < -0.39 is 0 Å². The zero-order valence-corrected chi connectivity index (χ0v) is 15.2. The Balaban J connectivity index is 0.00000242. The molecule has 22 heavy (non-hydrogen) atoms. The van der Waals surface area contributed by atoms with Crippen LogP contribution in [-0.2, 0) is 4.79 Å². The molecule has 2 aromatic rings. The Bertz CT molecular complexity index is 610. The smallest absolute Gasteiger partial charge is 0.228 e. The third kappa shape index (κ3) is 5.40. The lowest BCUT2D eigenvalue weighted by atomic mass is 10.1. The van der Waals surface area contributed by atoms with Gasteiger partial charge < -0.3 is 10.6 Å². The number of rotatable bonds is 6. The van der Waals surface area contributed by atoms with Crippen LogP contribution in [0, 0.1) is 5.92 Å². The fourth-order valence-corrected chi connectivity index (χ4v) is 3.36. The van der Waals surface area contributed by atoms with E-state index in [1.165, 1.54) is 23.1 Å². The van der Waals surface area contributed by atoms with Crippen molar-refractivity contribution in [1.29, 1.82) is 0 Å². The number of anilines is 1. The standard InChI is InChI=1S/C13H15ClN4OS2.ClH/c1-8(6-15-2)12(19)17-9-3-4-11(10(14)5-9)21-13-18-16-7-20-13;/h3-5,7-8,15H,6H2,1-2H3,(H,17,19);1H. The van der Waals surface area contributed by atoms with Gasteiger partial charge in [-0.1, -0.05) is 41.6 Å². The van der Waals surface area contributed by atoms with E-state index in [-0.39, 0.29) is 24.2 Å². The van der Waals surface area contributed by atoms with Crippen LogP contribution < -0.4 is 10.6 Å². The minimum absolute atomic E-state index is 0. The molecule has 1 heterocycles. The summed E-state index contributed by atoms with van der Waals surface area (Å²) in [6, 6.07) is 5.45. The quantitative estimate of drug-likeness (QED) is 0.804. The fourth-order valence-electron chi connectivity index (χ4n) is 1.63. The van der Waals surface area contributed by atoms with Crippen LogP contribution in [0.3, 0.4) is 0 Å². The first-order valence-electron chi connectivity index (χ1n) is 6.29. The second-order valence-electron chi connectivity index (χ2n) is 4.40. The monoisotopic (exact) mass is 378 g/mol. The third-order valence-electron chi connectivity index (χ3n) is 2.69. The molecule has 1 unspecified atom stereocenters. The second-order valence-corrected chi connectivity index (χ2v) is 6.93. The first kappa shape index (κ1) is 19.2. The summed E-state index contributed by atoms with van der Waals surface area (Å²) in [7, 11) is 1.82. The Hall–Kier alpha value is -0.860. The molecule has 120 valence electrons. The van der Waals surface area contributed by atoms with Crippen molar-refractivity contribution in [3.63, 3.8) is 0 Å². The van der Waals surface area contributed by atoms with Gasteiger partial charge in [0.2, 0.25) is 5.91 Å². The number of nitrogens with zero attached hydrogens (tertiary/aromatic N) is 2. The highest BCUT2D eigenvalue weighted by Gasteiger charge is 2.13. The zero-order chi connectivity index (χ0) is 15.2. The Labute approximate surface area is 148 Å². The van der Waals surface area contributed by atoms with E-state index in [9.17, 15) is 4.79 Å². The van der Waals surface area contributed by atoms with Gasteiger partial charge in [0.25, 0.3) is 0 Å². The van der Waals surface area contributed by atoms with Crippen LogP contribution in [-0.4, -0.2) is 29.7 Å². The average molecular weight is 379 g/mol. The molecule has 5 nitrogen and oxygen atoms in total. The third-order valence-corrected chi connectivity index (χ3v) is 4.97. The number of halogens is 2. The number of carbonyl (C=O) groups is 1. The summed E-state index contributed by atoms with van der Waals surface area (Å²) in [6.07, 6.45) is 0. The first-order valence-corrected chi connectivity index (χ1v) is 8.36. The number of benzene rings is 1. The van der Waals surface area contributed by atoms with E-state index in [0.717, 1.165) is 9.24 Å². The van der Waals surface area contributed by atoms with E-state index in [1.54, 1.807) is 11.6 Å². The first-order chi connectivity index (χ1) is 10.1. The van der Waals surface area contributed by atoms with Gasteiger partial charge in [-0.25, -0.2) is 0 Å². The van der Waals surface area contributed by atoms with Crippen LogP contribution in [0.5, 0.6) is 0 Å². The van der Waals surface area contributed by atoms with Gasteiger partial charge in [-0.3, -0.25) is 4.79 Å². The lowest BCUT2D eigenvalue weighted by molar-refractivity contribution is -0.119. The van der Waals surface area contributed by atoms with Gasteiger partial charge in [0.1, 0.15) is 5.51 Å². The second kappa shape index (κ2) is 9.32. The molecular formula is C13H16Cl2N4OS2. The molecule has 0 aliphatic rings. The molecule has 1 aromatic carbocycles. The topological polar surface area (TPSA) is 66.9 Å². The molecule has 0 saturated carbocycles. The molecule has 1 atom stereocenters. The maximum absolute atomic E-state index is 11.9. The SMILES string of the molecule is CNCC(C)C(=O)Nc1ccc(Sc2nncs2)c(Cl)c1.Cl. The largest absolute Gasteiger partial charge is 0.326 e. The van der Waals surface area contributed by atoms with Crippen LogP contribution >= 0.6 is 47.1 Å². The van der Waals surface area contributed by atoms with E-state index in [1.807, 2.05) is 26.1 Å². The van der Waals surface area contributed by atoms with Crippen molar-refractivity contribution in [1.82, 2.24) is 15.5 Å². The Morgan fingerprint density at radius 1 is 1.50 bits per heavy atom. The molecule has 1 amide bonds. The van der Waals surface area contributed by atoms with Crippen molar-refractivity contribution in [3.8, 4) is 0 Å². The highest BCUT2D eigenvalue weighted by molar-refractivity contribution is 8.01. The van der Waals surface area contributed by atoms with Crippen LogP contribution in [0.25, 0.3) is 0 Å². The van der Waals surface area contributed by atoms with Crippen molar-refractivity contribution in [2.24, 2.45) is 5.92 Å². The molecule has 0 radical (unpaired) electrons. The molecular weight excluding hydrogens is 363 g/mol. The molecule has 0 bridgehead atoms. The molecule has 1 aromatic heterocycles. The highest BCUT2D eigenvalue weighted by atomic mass is 35.5. The van der Waals surface area contributed by atoms with E-state index in [2.05, 4.69) is 20.8 Å². The number of carbonyl (C=O) groups excluding carboxylic acids is 1. The summed E-state index contributed by atoms with van der Waals surface area (Å²) in [5, 5.41) is 14.2. The van der Waals surface area contributed by atoms with Crippen molar-refractivity contribution >= 4 is 58.7 Å². The van der Waals surface area contributed by atoms with Gasteiger partial charge in [0.05, 0.1) is 5.02 Å². The predicted molar refractivity (Wildman–Crippen MR) is 94.5 cm³/mol. The highest BCUT2D eigenvalue weighted by Crippen LogP contribution is 2.35. The van der Waals surface area contributed by atoms with Crippen molar-refractivity contribution in [2.45, 2.75) is 16.2 Å². The average Bonchev–Trinajstić information content (AvgIpc) is 2.95.